The zero-order valence-electron chi connectivity index (χ0n) is 15.6. The molecule has 4 rings (SSSR count). The maximum Gasteiger partial charge on any atom is 0.0980 e. The van der Waals surface area contributed by atoms with Gasteiger partial charge in [0.2, 0.25) is 0 Å². The summed E-state index contributed by atoms with van der Waals surface area (Å²) in [5, 5.41) is 0. The van der Waals surface area contributed by atoms with Crippen LogP contribution in [0, 0.1) is 11.8 Å². The van der Waals surface area contributed by atoms with Gasteiger partial charge < -0.3 is 0 Å². The van der Waals surface area contributed by atoms with Gasteiger partial charge in [-0.3, -0.25) is 4.90 Å². The number of nitrogens with zero attached hydrogens (tertiary/aromatic N) is 1. The molecule has 1 heterocycles. The molecule has 0 radical (unpaired) electrons. The summed E-state index contributed by atoms with van der Waals surface area (Å²) >= 11 is 0. The molecule has 1 nitrogen and oxygen atoms in total. The topological polar surface area (TPSA) is 3.24 Å². The van der Waals surface area contributed by atoms with Crippen LogP contribution in [0.2, 0.25) is 0 Å². The smallest absolute Gasteiger partial charge is 0.0980 e. The van der Waals surface area contributed by atoms with E-state index in [1.54, 1.807) is 0 Å². The molecule has 1 aliphatic rings. The third-order valence-electron chi connectivity index (χ3n) is 5.22. The Kier molecular flexibility index (Phi) is 5.67. The van der Waals surface area contributed by atoms with Gasteiger partial charge in [0.15, 0.2) is 0 Å². The first-order valence-electron chi connectivity index (χ1n) is 9.87. The predicted molar refractivity (Wildman–Crippen MR) is 113 cm³/mol. The zero-order valence-corrected chi connectivity index (χ0v) is 15.6. The third kappa shape index (κ3) is 4.30. The van der Waals surface area contributed by atoms with Crippen LogP contribution in [0.3, 0.4) is 0 Å². The molecular formula is C26H25N. The van der Waals surface area contributed by atoms with Crippen LogP contribution in [-0.4, -0.2) is 18.0 Å². The Balaban J connectivity index is 1.76. The fraction of sp³-hybridized carbons (Fsp3) is 0.231. The highest BCUT2D eigenvalue weighted by molar-refractivity contribution is 5.68. The monoisotopic (exact) mass is 351 g/mol. The first-order valence-corrected chi connectivity index (χ1v) is 9.87. The van der Waals surface area contributed by atoms with E-state index in [1.165, 1.54) is 36.0 Å². The minimum atomic E-state index is 0.127. The van der Waals surface area contributed by atoms with Gasteiger partial charge in [0.25, 0.3) is 0 Å². The Bertz CT molecular complexity index is 912. The lowest BCUT2D eigenvalue weighted by molar-refractivity contribution is 0.198. The highest BCUT2D eigenvalue weighted by atomic mass is 15.2. The van der Waals surface area contributed by atoms with E-state index in [1.807, 2.05) is 6.07 Å². The van der Waals surface area contributed by atoms with E-state index < -0.39 is 0 Å². The molecule has 0 aliphatic carbocycles. The Labute approximate surface area is 162 Å². The molecule has 1 heteroatoms. The minimum Gasteiger partial charge on any atom is -0.286 e. The molecule has 1 saturated heterocycles. The molecular weight excluding hydrogens is 326 g/mol. The van der Waals surface area contributed by atoms with Crippen molar-refractivity contribution < 1.29 is 0 Å². The normalized spacial score (nSPS) is 15.6. The van der Waals surface area contributed by atoms with Crippen molar-refractivity contribution in [2.75, 3.05) is 13.1 Å². The van der Waals surface area contributed by atoms with Gasteiger partial charge in [-0.25, -0.2) is 0 Å². The largest absolute Gasteiger partial charge is 0.286 e. The van der Waals surface area contributed by atoms with Gasteiger partial charge >= 0.3 is 0 Å². The lowest BCUT2D eigenvalue weighted by atomic mass is 9.93. The standard InChI is InChI=1S/C26H25N/c1-4-12-22(13-5-1)18-19-26(27-20-10-3-11-21-27)25-17-9-8-16-24(25)23-14-6-2-7-15-23/h1-2,4-9,12-17,26H,3,10-11,20-21H2. The SMILES string of the molecule is C(#CC(c1ccccc1-c1ccccc1)N1CCCCC1)c1ccccc1. The summed E-state index contributed by atoms with van der Waals surface area (Å²) in [4.78, 5) is 2.56. The summed E-state index contributed by atoms with van der Waals surface area (Å²) in [5.41, 5.74) is 4.94. The molecule has 1 aliphatic heterocycles. The van der Waals surface area contributed by atoms with Crippen LogP contribution in [0.4, 0.5) is 0 Å². The second-order valence-electron chi connectivity index (χ2n) is 7.09. The molecule has 1 unspecified atom stereocenters. The molecule has 134 valence electrons. The summed E-state index contributed by atoms with van der Waals surface area (Å²) in [6.45, 7) is 2.24. The number of rotatable bonds is 3. The number of hydrogen-bond acceptors (Lipinski definition) is 1. The molecule has 0 saturated carbocycles. The second kappa shape index (κ2) is 8.71. The van der Waals surface area contributed by atoms with Gasteiger partial charge in [0.1, 0.15) is 0 Å². The average Bonchev–Trinajstić information content (AvgIpc) is 2.76. The summed E-state index contributed by atoms with van der Waals surface area (Å²) in [5.74, 6) is 7.04. The number of hydrogen-bond donors (Lipinski definition) is 0. The van der Waals surface area contributed by atoms with Gasteiger partial charge in [0.05, 0.1) is 6.04 Å². The molecule has 27 heavy (non-hydrogen) atoms. The Hall–Kier alpha value is -2.82. The van der Waals surface area contributed by atoms with Crippen molar-refractivity contribution in [3.8, 4) is 23.0 Å². The van der Waals surface area contributed by atoms with Crippen molar-refractivity contribution in [3.05, 3.63) is 96.1 Å². The van der Waals surface area contributed by atoms with Crippen molar-refractivity contribution >= 4 is 0 Å². The van der Waals surface area contributed by atoms with Crippen molar-refractivity contribution in [2.24, 2.45) is 0 Å². The third-order valence-corrected chi connectivity index (χ3v) is 5.22. The van der Waals surface area contributed by atoms with Crippen LogP contribution in [0.15, 0.2) is 84.9 Å². The van der Waals surface area contributed by atoms with E-state index >= 15 is 0 Å². The van der Waals surface area contributed by atoms with Crippen LogP contribution in [0.5, 0.6) is 0 Å². The van der Waals surface area contributed by atoms with E-state index in [-0.39, 0.29) is 6.04 Å². The van der Waals surface area contributed by atoms with Crippen molar-refractivity contribution in [3.63, 3.8) is 0 Å². The van der Waals surface area contributed by atoms with Gasteiger partial charge in [0, 0.05) is 5.56 Å². The maximum atomic E-state index is 3.61. The molecule has 1 atom stereocenters. The van der Waals surface area contributed by atoms with E-state index in [0.29, 0.717) is 0 Å². The Morgan fingerprint density at radius 1 is 0.667 bits per heavy atom. The van der Waals surface area contributed by atoms with E-state index in [9.17, 15) is 0 Å². The number of benzene rings is 3. The molecule has 3 aromatic carbocycles. The summed E-state index contributed by atoms with van der Waals surface area (Å²) in [7, 11) is 0. The van der Waals surface area contributed by atoms with Crippen molar-refractivity contribution in [2.45, 2.75) is 25.3 Å². The minimum absolute atomic E-state index is 0.127. The quantitative estimate of drug-likeness (QED) is 0.528. The van der Waals surface area contributed by atoms with E-state index in [0.717, 1.165) is 18.7 Å². The highest BCUT2D eigenvalue weighted by Gasteiger charge is 2.23. The predicted octanol–water partition coefficient (Wildman–Crippen LogP) is 5.93. The van der Waals surface area contributed by atoms with Gasteiger partial charge in [-0.2, -0.15) is 0 Å². The van der Waals surface area contributed by atoms with Gasteiger partial charge in [-0.15, -0.1) is 0 Å². The molecule has 0 amide bonds. The second-order valence-corrected chi connectivity index (χ2v) is 7.09. The number of piperidine rings is 1. The van der Waals surface area contributed by atoms with Gasteiger partial charge in [-0.1, -0.05) is 91.1 Å². The van der Waals surface area contributed by atoms with Crippen LogP contribution in [0.1, 0.15) is 36.4 Å². The fourth-order valence-electron chi connectivity index (χ4n) is 3.83. The van der Waals surface area contributed by atoms with E-state index in [2.05, 4.69) is 95.6 Å². The Morgan fingerprint density at radius 2 is 1.30 bits per heavy atom. The van der Waals surface area contributed by atoms with E-state index in [4.69, 9.17) is 0 Å². The van der Waals surface area contributed by atoms with Crippen molar-refractivity contribution in [1.82, 2.24) is 4.90 Å². The zero-order chi connectivity index (χ0) is 18.3. The first-order chi connectivity index (χ1) is 13.4. The summed E-state index contributed by atoms with van der Waals surface area (Å²) in [6, 6.07) is 29.9. The average molecular weight is 351 g/mol. The lowest BCUT2D eigenvalue weighted by Crippen LogP contribution is -2.33. The van der Waals surface area contributed by atoms with Crippen LogP contribution in [-0.2, 0) is 0 Å². The molecule has 0 bridgehead atoms. The lowest BCUT2D eigenvalue weighted by Gasteiger charge is -2.33. The van der Waals surface area contributed by atoms with Gasteiger partial charge in [-0.05, 0) is 54.8 Å². The summed E-state index contributed by atoms with van der Waals surface area (Å²) < 4.78 is 0. The molecule has 0 N–H and O–H groups in total. The maximum absolute atomic E-state index is 3.61. The van der Waals surface area contributed by atoms with Crippen LogP contribution < -0.4 is 0 Å². The first kappa shape index (κ1) is 17.6. The molecule has 0 aromatic heterocycles. The summed E-state index contributed by atoms with van der Waals surface area (Å²) in [6.07, 6.45) is 3.85. The number of likely N-dealkylation sites (tertiary alicyclic amines) is 1. The van der Waals surface area contributed by atoms with Crippen LogP contribution in [0.25, 0.3) is 11.1 Å². The fourth-order valence-corrected chi connectivity index (χ4v) is 3.83. The van der Waals surface area contributed by atoms with Crippen LogP contribution >= 0.6 is 0 Å². The molecule has 0 spiro atoms. The molecule has 3 aromatic rings. The Morgan fingerprint density at radius 3 is 2.04 bits per heavy atom. The highest BCUT2D eigenvalue weighted by Crippen LogP contribution is 2.32. The van der Waals surface area contributed by atoms with Crippen molar-refractivity contribution in [1.29, 1.82) is 0 Å². The molecule has 1 fully saturated rings.